The number of anilines is 1. The van der Waals surface area contributed by atoms with Crippen LogP contribution >= 0.6 is 15.9 Å². The van der Waals surface area contributed by atoms with Gasteiger partial charge in [0.1, 0.15) is 0 Å². The Bertz CT molecular complexity index is 405. The zero-order valence-corrected chi connectivity index (χ0v) is 13.1. The van der Waals surface area contributed by atoms with Crippen LogP contribution in [0.5, 0.6) is 0 Å². The molecule has 0 aromatic heterocycles. The predicted octanol–water partition coefficient (Wildman–Crippen LogP) is 3.90. The Morgan fingerprint density at radius 1 is 1.44 bits per heavy atom. The molecule has 0 radical (unpaired) electrons. The van der Waals surface area contributed by atoms with Crippen LogP contribution in [0.2, 0.25) is 0 Å². The fourth-order valence-corrected chi connectivity index (χ4v) is 3.09. The summed E-state index contributed by atoms with van der Waals surface area (Å²) in [5.74, 6) is 0.746. The van der Waals surface area contributed by atoms with E-state index in [0.717, 1.165) is 10.4 Å². The van der Waals surface area contributed by atoms with Gasteiger partial charge < -0.3 is 10.2 Å². The van der Waals surface area contributed by atoms with Crippen LogP contribution in [0.3, 0.4) is 0 Å². The molecule has 1 aromatic carbocycles. The lowest BCUT2D eigenvalue weighted by atomic mass is 9.91. The minimum absolute atomic E-state index is 0.519. The molecule has 3 heteroatoms. The third-order valence-corrected chi connectivity index (χ3v) is 4.56. The van der Waals surface area contributed by atoms with E-state index in [1.807, 2.05) is 0 Å². The molecule has 1 N–H and O–H groups in total. The highest BCUT2D eigenvalue weighted by Gasteiger charge is 2.22. The van der Waals surface area contributed by atoms with Crippen molar-refractivity contribution in [1.29, 1.82) is 0 Å². The highest BCUT2D eigenvalue weighted by molar-refractivity contribution is 9.10. The van der Waals surface area contributed by atoms with Gasteiger partial charge in [-0.3, -0.25) is 0 Å². The molecule has 0 spiro atoms. The van der Waals surface area contributed by atoms with Crippen molar-refractivity contribution < 1.29 is 0 Å². The van der Waals surface area contributed by atoms with Crippen molar-refractivity contribution in [3.05, 3.63) is 28.2 Å². The first-order chi connectivity index (χ1) is 8.56. The molecule has 0 aliphatic carbocycles. The van der Waals surface area contributed by atoms with E-state index in [9.17, 15) is 0 Å². The summed E-state index contributed by atoms with van der Waals surface area (Å²) in [7, 11) is 2.22. The Hall–Kier alpha value is -0.540. The molecule has 1 heterocycles. The van der Waals surface area contributed by atoms with Crippen molar-refractivity contribution in [2.24, 2.45) is 5.92 Å². The number of piperidine rings is 1. The van der Waals surface area contributed by atoms with E-state index in [0.29, 0.717) is 6.04 Å². The summed E-state index contributed by atoms with van der Waals surface area (Å²) in [5.41, 5.74) is 2.52. The van der Waals surface area contributed by atoms with Crippen LogP contribution in [0.4, 0.5) is 5.69 Å². The number of halogens is 1. The molecule has 2 atom stereocenters. The Balaban J connectivity index is 2.01. The SMILES string of the molecule is Cc1ccc(Br)c(NC(C)C2CCCN(C)C2)c1. The van der Waals surface area contributed by atoms with E-state index in [2.05, 4.69) is 65.2 Å². The largest absolute Gasteiger partial charge is 0.381 e. The monoisotopic (exact) mass is 310 g/mol. The van der Waals surface area contributed by atoms with Crippen LogP contribution in [0.15, 0.2) is 22.7 Å². The van der Waals surface area contributed by atoms with Gasteiger partial charge in [-0.15, -0.1) is 0 Å². The second-order valence-electron chi connectivity index (χ2n) is 5.58. The molecule has 1 fully saturated rings. The average Bonchev–Trinajstić information content (AvgIpc) is 2.34. The summed E-state index contributed by atoms with van der Waals surface area (Å²) in [6.45, 7) is 6.89. The minimum Gasteiger partial charge on any atom is -0.381 e. The molecule has 18 heavy (non-hydrogen) atoms. The van der Waals surface area contributed by atoms with E-state index in [-0.39, 0.29) is 0 Å². The van der Waals surface area contributed by atoms with Gasteiger partial charge >= 0.3 is 0 Å². The van der Waals surface area contributed by atoms with Gasteiger partial charge in [-0.1, -0.05) is 6.07 Å². The number of nitrogens with zero attached hydrogens (tertiary/aromatic N) is 1. The molecule has 2 nitrogen and oxygen atoms in total. The van der Waals surface area contributed by atoms with E-state index in [1.165, 1.54) is 37.2 Å². The topological polar surface area (TPSA) is 15.3 Å². The zero-order chi connectivity index (χ0) is 13.1. The first-order valence-electron chi connectivity index (χ1n) is 6.77. The van der Waals surface area contributed by atoms with Gasteiger partial charge in [-0.25, -0.2) is 0 Å². The van der Waals surface area contributed by atoms with Crippen LogP contribution in [-0.2, 0) is 0 Å². The van der Waals surface area contributed by atoms with Crippen molar-refractivity contribution in [3.8, 4) is 0 Å². The quantitative estimate of drug-likeness (QED) is 0.911. The molecule has 100 valence electrons. The smallest absolute Gasteiger partial charge is 0.0489 e. The van der Waals surface area contributed by atoms with Crippen molar-refractivity contribution in [2.45, 2.75) is 32.7 Å². The molecule has 1 saturated heterocycles. The van der Waals surface area contributed by atoms with Crippen molar-refractivity contribution in [1.82, 2.24) is 4.90 Å². The maximum atomic E-state index is 3.67. The van der Waals surface area contributed by atoms with Gasteiger partial charge in [0.25, 0.3) is 0 Å². The van der Waals surface area contributed by atoms with Gasteiger partial charge in [0.15, 0.2) is 0 Å². The Kier molecular flexibility index (Phi) is 4.68. The minimum atomic E-state index is 0.519. The van der Waals surface area contributed by atoms with Crippen LogP contribution in [-0.4, -0.2) is 31.1 Å². The lowest BCUT2D eigenvalue weighted by Crippen LogP contribution is -2.39. The Morgan fingerprint density at radius 2 is 2.22 bits per heavy atom. The summed E-state index contributed by atoms with van der Waals surface area (Å²) in [6.07, 6.45) is 2.66. The second kappa shape index (κ2) is 6.07. The first kappa shape index (κ1) is 13.9. The molecular weight excluding hydrogens is 288 g/mol. The Labute approximate surface area is 119 Å². The molecule has 1 aliphatic rings. The fraction of sp³-hybridized carbons (Fsp3) is 0.600. The summed E-state index contributed by atoms with van der Waals surface area (Å²) in [4.78, 5) is 2.44. The van der Waals surface area contributed by atoms with Crippen LogP contribution < -0.4 is 5.32 Å². The summed E-state index contributed by atoms with van der Waals surface area (Å²) < 4.78 is 1.16. The van der Waals surface area contributed by atoms with E-state index in [4.69, 9.17) is 0 Å². The lowest BCUT2D eigenvalue weighted by molar-refractivity contribution is 0.197. The molecule has 0 saturated carbocycles. The van der Waals surface area contributed by atoms with Crippen molar-refractivity contribution >= 4 is 21.6 Å². The summed E-state index contributed by atoms with van der Waals surface area (Å²) in [5, 5.41) is 3.67. The number of rotatable bonds is 3. The molecule has 1 aliphatic heterocycles. The van der Waals surface area contributed by atoms with Crippen LogP contribution in [0.1, 0.15) is 25.3 Å². The maximum Gasteiger partial charge on any atom is 0.0489 e. The van der Waals surface area contributed by atoms with Gasteiger partial charge in [-0.2, -0.15) is 0 Å². The van der Waals surface area contributed by atoms with Crippen molar-refractivity contribution in [2.75, 3.05) is 25.5 Å². The standard InChI is InChI=1S/C15H23BrN2/c1-11-6-7-14(16)15(9-11)17-12(2)13-5-4-8-18(3)10-13/h6-7,9,12-13,17H,4-5,8,10H2,1-3H3. The van der Waals surface area contributed by atoms with Crippen molar-refractivity contribution in [3.63, 3.8) is 0 Å². The van der Waals surface area contributed by atoms with E-state index < -0.39 is 0 Å². The van der Waals surface area contributed by atoms with Gasteiger partial charge in [-0.05, 0) is 79.8 Å². The number of aryl methyl sites for hydroxylation is 1. The number of nitrogens with one attached hydrogen (secondary N) is 1. The number of benzene rings is 1. The molecule has 0 bridgehead atoms. The third-order valence-electron chi connectivity index (χ3n) is 3.87. The predicted molar refractivity (Wildman–Crippen MR) is 82.2 cm³/mol. The molecule has 0 amide bonds. The maximum absolute atomic E-state index is 3.67. The number of hydrogen-bond donors (Lipinski definition) is 1. The summed E-state index contributed by atoms with van der Waals surface area (Å²) >= 11 is 3.62. The molecular formula is C15H23BrN2. The van der Waals surface area contributed by atoms with Gasteiger partial charge in [0.2, 0.25) is 0 Å². The molecule has 2 rings (SSSR count). The van der Waals surface area contributed by atoms with Gasteiger partial charge in [0.05, 0.1) is 0 Å². The Morgan fingerprint density at radius 3 is 2.94 bits per heavy atom. The lowest BCUT2D eigenvalue weighted by Gasteiger charge is -2.34. The number of likely N-dealkylation sites (tertiary alicyclic amines) is 1. The van der Waals surface area contributed by atoms with Gasteiger partial charge in [0, 0.05) is 22.7 Å². The van der Waals surface area contributed by atoms with E-state index in [1.54, 1.807) is 0 Å². The zero-order valence-electron chi connectivity index (χ0n) is 11.5. The highest BCUT2D eigenvalue weighted by Crippen LogP contribution is 2.27. The molecule has 1 aromatic rings. The second-order valence-corrected chi connectivity index (χ2v) is 6.44. The summed E-state index contributed by atoms with van der Waals surface area (Å²) in [6, 6.07) is 6.99. The number of hydrogen-bond acceptors (Lipinski definition) is 2. The third kappa shape index (κ3) is 3.48. The fourth-order valence-electron chi connectivity index (χ4n) is 2.73. The van der Waals surface area contributed by atoms with Crippen LogP contribution in [0.25, 0.3) is 0 Å². The average molecular weight is 311 g/mol. The normalized spacial score (nSPS) is 22.8. The first-order valence-corrected chi connectivity index (χ1v) is 7.57. The highest BCUT2D eigenvalue weighted by atomic mass is 79.9. The molecule has 2 unspecified atom stereocenters. The van der Waals surface area contributed by atoms with Crippen LogP contribution in [0, 0.1) is 12.8 Å². The van der Waals surface area contributed by atoms with E-state index >= 15 is 0 Å².